The number of nitrogens with two attached hydrogens (primary N) is 1. The maximum absolute atomic E-state index is 11.9. The number of carbonyl (C=O) groups is 1. The lowest BCUT2D eigenvalue weighted by molar-refractivity contribution is -0.121. The average molecular weight is 315 g/mol. The van der Waals surface area contributed by atoms with Gasteiger partial charge in [0.05, 0.1) is 17.9 Å². The van der Waals surface area contributed by atoms with E-state index >= 15 is 0 Å². The van der Waals surface area contributed by atoms with Crippen LogP contribution in [0, 0.1) is 0 Å². The third-order valence-corrected chi connectivity index (χ3v) is 3.71. The second-order valence-corrected chi connectivity index (χ2v) is 5.67. The standard InChI is InChI=1S/C17H25N5O/c1-14(19-17(23)11-7-2-3-8-12-18)16-13-22(21-20-16)15-9-5-4-6-10-15/h4-6,9-10,13-14H,2-3,7-8,11-12,18H2,1H3,(H,19,23). The Morgan fingerprint density at radius 3 is 2.70 bits per heavy atom. The van der Waals surface area contributed by atoms with Gasteiger partial charge in [0.2, 0.25) is 5.91 Å². The number of benzene rings is 1. The molecule has 2 aromatic rings. The van der Waals surface area contributed by atoms with Crippen molar-refractivity contribution < 1.29 is 4.79 Å². The summed E-state index contributed by atoms with van der Waals surface area (Å²) in [6.45, 7) is 2.64. The molecule has 0 bridgehead atoms. The second kappa shape index (κ2) is 9.05. The van der Waals surface area contributed by atoms with E-state index in [-0.39, 0.29) is 11.9 Å². The number of nitrogens with one attached hydrogen (secondary N) is 1. The van der Waals surface area contributed by atoms with E-state index < -0.39 is 0 Å². The number of para-hydroxylation sites is 1. The summed E-state index contributed by atoms with van der Waals surface area (Å²) < 4.78 is 1.71. The number of carbonyl (C=O) groups excluding carboxylic acids is 1. The molecular weight excluding hydrogens is 290 g/mol. The molecule has 6 nitrogen and oxygen atoms in total. The van der Waals surface area contributed by atoms with Crippen LogP contribution in [0.1, 0.15) is 50.8 Å². The van der Waals surface area contributed by atoms with Gasteiger partial charge < -0.3 is 11.1 Å². The monoisotopic (exact) mass is 315 g/mol. The second-order valence-electron chi connectivity index (χ2n) is 5.67. The van der Waals surface area contributed by atoms with Crippen LogP contribution in [0.2, 0.25) is 0 Å². The fraction of sp³-hybridized carbons (Fsp3) is 0.471. The molecule has 1 atom stereocenters. The summed E-state index contributed by atoms with van der Waals surface area (Å²) in [6, 6.07) is 9.63. The highest BCUT2D eigenvalue weighted by atomic mass is 16.1. The summed E-state index contributed by atoms with van der Waals surface area (Å²) in [6.07, 6.45) is 6.45. The summed E-state index contributed by atoms with van der Waals surface area (Å²) in [5.74, 6) is 0.0551. The number of hydrogen-bond acceptors (Lipinski definition) is 4. The Labute approximate surface area is 137 Å². The van der Waals surface area contributed by atoms with Crippen LogP contribution in [-0.4, -0.2) is 27.4 Å². The molecule has 3 N–H and O–H groups in total. The summed E-state index contributed by atoms with van der Waals surface area (Å²) in [4.78, 5) is 11.9. The van der Waals surface area contributed by atoms with E-state index in [4.69, 9.17) is 5.73 Å². The molecule has 0 aliphatic carbocycles. The topological polar surface area (TPSA) is 85.8 Å². The Hall–Kier alpha value is -2.21. The lowest BCUT2D eigenvalue weighted by Crippen LogP contribution is -2.26. The molecule has 0 saturated heterocycles. The molecule has 23 heavy (non-hydrogen) atoms. The maximum Gasteiger partial charge on any atom is 0.220 e. The van der Waals surface area contributed by atoms with Crippen LogP contribution in [0.4, 0.5) is 0 Å². The maximum atomic E-state index is 11.9. The van der Waals surface area contributed by atoms with Gasteiger partial charge in [-0.1, -0.05) is 36.3 Å². The number of rotatable bonds is 9. The van der Waals surface area contributed by atoms with Crippen molar-refractivity contribution in [1.29, 1.82) is 0 Å². The average Bonchev–Trinajstić information content (AvgIpc) is 3.05. The first-order chi connectivity index (χ1) is 11.2. The summed E-state index contributed by atoms with van der Waals surface area (Å²) in [5, 5.41) is 11.2. The molecule has 1 aromatic carbocycles. The SMILES string of the molecule is CC(NC(=O)CCCCCCN)c1cn(-c2ccccc2)nn1. The zero-order chi connectivity index (χ0) is 16.5. The Morgan fingerprint density at radius 1 is 1.22 bits per heavy atom. The van der Waals surface area contributed by atoms with E-state index in [2.05, 4.69) is 15.6 Å². The van der Waals surface area contributed by atoms with Crippen molar-refractivity contribution in [2.45, 2.75) is 45.1 Å². The molecule has 0 aliphatic rings. The largest absolute Gasteiger partial charge is 0.348 e. The molecule has 6 heteroatoms. The Bertz CT molecular complexity index is 596. The molecule has 124 valence electrons. The van der Waals surface area contributed by atoms with Crippen LogP contribution in [0.3, 0.4) is 0 Å². The number of aromatic nitrogens is 3. The van der Waals surface area contributed by atoms with Gasteiger partial charge in [0.1, 0.15) is 5.69 Å². The van der Waals surface area contributed by atoms with Crippen molar-refractivity contribution in [3.8, 4) is 5.69 Å². The van der Waals surface area contributed by atoms with Gasteiger partial charge in [-0.3, -0.25) is 4.79 Å². The Morgan fingerprint density at radius 2 is 1.96 bits per heavy atom. The van der Waals surface area contributed by atoms with Gasteiger partial charge in [-0.25, -0.2) is 4.68 Å². The van der Waals surface area contributed by atoms with Crippen molar-refractivity contribution in [2.75, 3.05) is 6.54 Å². The molecule has 1 heterocycles. The third kappa shape index (κ3) is 5.49. The molecule has 0 spiro atoms. The van der Waals surface area contributed by atoms with E-state index in [1.54, 1.807) is 4.68 Å². The zero-order valence-corrected chi connectivity index (χ0v) is 13.6. The summed E-state index contributed by atoms with van der Waals surface area (Å²) in [5.41, 5.74) is 7.15. The lowest BCUT2D eigenvalue weighted by Gasteiger charge is -2.10. The van der Waals surface area contributed by atoms with E-state index in [1.807, 2.05) is 43.5 Å². The van der Waals surface area contributed by atoms with Crippen molar-refractivity contribution in [2.24, 2.45) is 5.73 Å². The van der Waals surface area contributed by atoms with Gasteiger partial charge in [-0.2, -0.15) is 0 Å². The van der Waals surface area contributed by atoms with Gasteiger partial charge in [0.15, 0.2) is 0 Å². The quantitative estimate of drug-likeness (QED) is 0.696. The third-order valence-electron chi connectivity index (χ3n) is 3.71. The first-order valence-electron chi connectivity index (χ1n) is 8.18. The van der Waals surface area contributed by atoms with Crippen molar-refractivity contribution >= 4 is 5.91 Å². The molecule has 1 amide bonds. The predicted molar refractivity (Wildman–Crippen MR) is 90.1 cm³/mol. The fourth-order valence-corrected chi connectivity index (χ4v) is 2.35. The van der Waals surface area contributed by atoms with Crippen LogP contribution in [0.15, 0.2) is 36.5 Å². The fourth-order valence-electron chi connectivity index (χ4n) is 2.35. The highest BCUT2D eigenvalue weighted by Gasteiger charge is 2.13. The highest BCUT2D eigenvalue weighted by Crippen LogP contribution is 2.12. The van der Waals surface area contributed by atoms with Crippen LogP contribution < -0.4 is 11.1 Å². The summed E-state index contributed by atoms with van der Waals surface area (Å²) in [7, 11) is 0. The lowest BCUT2D eigenvalue weighted by atomic mass is 10.1. The van der Waals surface area contributed by atoms with Gasteiger partial charge in [0, 0.05) is 6.42 Å². The highest BCUT2D eigenvalue weighted by molar-refractivity contribution is 5.76. The van der Waals surface area contributed by atoms with Crippen molar-refractivity contribution in [3.63, 3.8) is 0 Å². The van der Waals surface area contributed by atoms with E-state index in [0.29, 0.717) is 6.42 Å². The van der Waals surface area contributed by atoms with E-state index in [9.17, 15) is 4.79 Å². The first-order valence-corrected chi connectivity index (χ1v) is 8.18. The minimum Gasteiger partial charge on any atom is -0.348 e. The molecule has 0 fully saturated rings. The molecule has 0 aliphatic heterocycles. The smallest absolute Gasteiger partial charge is 0.220 e. The molecule has 1 unspecified atom stereocenters. The predicted octanol–water partition coefficient (Wildman–Crippen LogP) is 2.35. The molecule has 0 saturated carbocycles. The summed E-state index contributed by atoms with van der Waals surface area (Å²) >= 11 is 0. The minimum absolute atomic E-state index is 0.0551. The minimum atomic E-state index is -0.149. The number of nitrogens with zero attached hydrogens (tertiary/aromatic N) is 3. The van der Waals surface area contributed by atoms with Crippen molar-refractivity contribution in [1.82, 2.24) is 20.3 Å². The van der Waals surface area contributed by atoms with Crippen molar-refractivity contribution in [3.05, 3.63) is 42.2 Å². The van der Waals surface area contributed by atoms with Crippen LogP contribution in [-0.2, 0) is 4.79 Å². The van der Waals surface area contributed by atoms with Crippen LogP contribution >= 0.6 is 0 Å². The number of amides is 1. The van der Waals surface area contributed by atoms with E-state index in [1.165, 1.54) is 0 Å². The number of hydrogen-bond donors (Lipinski definition) is 2. The molecule has 2 rings (SSSR count). The Balaban J connectivity index is 1.80. The van der Waals surface area contributed by atoms with Gasteiger partial charge >= 0.3 is 0 Å². The van der Waals surface area contributed by atoms with Gasteiger partial charge in [-0.05, 0) is 38.4 Å². The van der Waals surface area contributed by atoms with Gasteiger partial charge in [-0.15, -0.1) is 5.10 Å². The molecule has 0 radical (unpaired) electrons. The normalized spacial score (nSPS) is 12.1. The van der Waals surface area contributed by atoms with Crippen LogP contribution in [0.25, 0.3) is 5.69 Å². The van der Waals surface area contributed by atoms with E-state index in [0.717, 1.165) is 43.6 Å². The van der Waals surface area contributed by atoms with Crippen LogP contribution in [0.5, 0.6) is 0 Å². The molecule has 1 aromatic heterocycles. The molecular formula is C17H25N5O. The number of unbranched alkanes of at least 4 members (excludes halogenated alkanes) is 3. The first kappa shape index (κ1) is 17.1. The Kier molecular flexibility index (Phi) is 6.75. The van der Waals surface area contributed by atoms with Gasteiger partial charge in [0.25, 0.3) is 0 Å². The zero-order valence-electron chi connectivity index (χ0n) is 13.6.